The van der Waals surface area contributed by atoms with E-state index in [0.717, 1.165) is 12.0 Å². The van der Waals surface area contributed by atoms with E-state index in [2.05, 4.69) is 14.7 Å². The van der Waals surface area contributed by atoms with Gasteiger partial charge in [-0.25, -0.2) is 13.4 Å². The van der Waals surface area contributed by atoms with Crippen molar-refractivity contribution in [3.63, 3.8) is 0 Å². The van der Waals surface area contributed by atoms with E-state index in [1.807, 2.05) is 33.2 Å². The average molecular weight is 349 g/mol. The lowest BCUT2D eigenvalue weighted by Gasteiger charge is -2.19. The SMILES string of the molecule is CCc1ccc(S(=O)(=O)Nc2cnc(N(C)C)nc2N(C)C)cc1. The predicted molar refractivity (Wildman–Crippen MR) is 97.3 cm³/mol. The highest BCUT2D eigenvalue weighted by molar-refractivity contribution is 7.92. The molecular weight excluding hydrogens is 326 g/mol. The predicted octanol–water partition coefficient (Wildman–Crippen LogP) is 1.97. The maximum absolute atomic E-state index is 12.6. The van der Waals surface area contributed by atoms with Crippen molar-refractivity contribution in [1.29, 1.82) is 0 Å². The van der Waals surface area contributed by atoms with Crippen LogP contribution in [0.4, 0.5) is 17.5 Å². The number of hydrogen-bond acceptors (Lipinski definition) is 6. The molecule has 2 aromatic rings. The minimum absolute atomic E-state index is 0.209. The smallest absolute Gasteiger partial charge is 0.262 e. The number of nitrogens with one attached hydrogen (secondary N) is 1. The third-order valence-electron chi connectivity index (χ3n) is 3.47. The molecule has 0 spiro atoms. The monoisotopic (exact) mass is 349 g/mol. The number of sulfonamides is 1. The number of nitrogens with zero attached hydrogens (tertiary/aromatic N) is 4. The van der Waals surface area contributed by atoms with Gasteiger partial charge in [0, 0.05) is 28.2 Å². The molecule has 24 heavy (non-hydrogen) atoms. The Balaban J connectivity index is 2.37. The van der Waals surface area contributed by atoms with Gasteiger partial charge in [-0.2, -0.15) is 4.98 Å². The Kier molecular flexibility index (Phi) is 5.28. The summed E-state index contributed by atoms with van der Waals surface area (Å²) >= 11 is 0. The summed E-state index contributed by atoms with van der Waals surface area (Å²) in [6.07, 6.45) is 2.34. The van der Waals surface area contributed by atoms with Crippen molar-refractivity contribution < 1.29 is 8.42 Å². The minimum Gasteiger partial charge on any atom is -0.361 e. The summed E-state index contributed by atoms with van der Waals surface area (Å²) in [4.78, 5) is 12.3. The lowest BCUT2D eigenvalue weighted by atomic mass is 10.2. The van der Waals surface area contributed by atoms with Crippen LogP contribution in [0.5, 0.6) is 0 Å². The second-order valence-corrected chi connectivity index (χ2v) is 7.48. The molecule has 0 fully saturated rings. The molecular formula is C16H23N5O2S. The molecule has 0 aliphatic carbocycles. The number of aryl methyl sites for hydroxylation is 1. The van der Waals surface area contributed by atoms with Crippen molar-refractivity contribution in [3.05, 3.63) is 36.0 Å². The van der Waals surface area contributed by atoms with Gasteiger partial charge in [-0.3, -0.25) is 4.72 Å². The first-order chi connectivity index (χ1) is 11.2. The molecule has 8 heteroatoms. The number of anilines is 3. The van der Waals surface area contributed by atoms with Crippen molar-refractivity contribution >= 4 is 27.5 Å². The highest BCUT2D eigenvalue weighted by Crippen LogP contribution is 2.26. The maximum Gasteiger partial charge on any atom is 0.262 e. The Hall–Kier alpha value is -2.35. The first kappa shape index (κ1) is 18.0. The van der Waals surface area contributed by atoms with Gasteiger partial charge in [0.15, 0.2) is 5.82 Å². The molecule has 0 amide bonds. The molecule has 1 heterocycles. The Morgan fingerprint density at radius 1 is 1.04 bits per heavy atom. The normalized spacial score (nSPS) is 11.2. The summed E-state index contributed by atoms with van der Waals surface area (Å²) in [5.74, 6) is 1.01. The standard InChI is InChI=1S/C16H23N5O2S/c1-6-12-7-9-13(10-8-12)24(22,23)19-14-11-17-16(21(4)5)18-15(14)20(2)3/h7-11,19H,6H2,1-5H3. The van der Waals surface area contributed by atoms with E-state index in [1.165, 1.54) is 6.20 Å². The minimum atomic E-state index is -3.70. The molecule has 0 bridgehead atoms. The second-order valence-electron chi connectivity index (χ2n) is 5.80. The number of rotatable bonds is 6. The highest BCUT2D eigenvalue weighted by atomic mass is 32.2. The summed E-state index contributed by atoms with van der Waals surface area (Å²) in [5, 5.41) is 0. The van der Waals surface area contributed by atoms with Crippen molar-refractivity contribution in [2.24, 2.45) is 0 Å². The molecule has 2 rings (SSSR count). The lowest BCUT2D eigenvalue weighted by Crippen LogP contribution is -2.21. The van der Waals surface area contributed by atoms with Crippen molar-refractivity contribution in [2.45, 2.75) is 18.2 Å². The Bertz CT molecular complexity index is 802. The molecule has 0 radical (unpaired) electrons. The zero-order chi connectivity index (χ0) is 17.9. The van der Waals surface area contributed by atoms with Gasteiger partial charge in [0.1, 0.15) is 5.69 Å². The van der Waals surface area contributed by atoms with Gasteiger partial charge in [0.05, 0.1) is 11.1 Å². The van der Waals surface area contributed by atoms with Crippen LogP contribution in [-0.4, -0.2) is 46.6 Å². The fourth-order valence-corrected chi connectivity index (χ4v) is 3.15. The van der Waals surface area contributed by atoms with Crippen molar-refractivity contribution in [3.8, 4) is 0 Å². The molecule has 7 nitrogen and oxygen atoms in total. The third kappa shape index (κ3) is 3.94. The lowest BCUT2D eigenvalue weighted by molar-refractivity contribution is 0.601. The van der Waals surface area contributed by atoms with Crippen LogP contribution in [0.1, 0.15) is 12.5 Å². The van der Waals surface area contributed by atoms with E-state index in [9.17, 15) is 8.42 Å². The fourth-order valence-electron chi connectivity index (χ4n) is 2.10. The van der Waals surface area contributed by atoms with Crippen LogP contribution in [0, 0.1) is 0 Å². The first-order valence-electron chi connectivity index (χ1n) is 7.58. The molecule has 0 saturated heterocycles. The van der Waals surface area contributed by atoms with Crippen LogP contribution in [0.2, 0.25) is 0 Å². The molecule has 1 N–H and O–H groups in total. The quantitative estimate of drug-likeness (QED) is 0.859. The maximum atomic E-state index is 12.6. The molecule has 130 valence electrons. The van der Waals surface area contributed by atoms with Crippen LogP contribution in [-0.2, 0) is 16.4 Å². The van der Waals surface area contributed by atoms with Gasteiger partial charge in [-0.15, -0.1) is 0 Å². The fraction of sp³-hybridized carbons (Fsp3) is 0.375. The molecule has 0 atom stereocenters. The molecule has 0 aliphatic heterocycles. The number of benzene rings is 1. The first-order valence-corrected chi connectivity index (χ1v) is 9.06. The Morgan fingerprint density at radius 2 is 1.67 bits per heavy atom. The second kappa shape index (κ2) is 7.04. The van der Waals surface area contributed by atoms with Gasteiger partial charge < -0.3 is 9.80 Å². The van der Waals surface area contributed by atoms with E-state index in [1.54, 1.807) is 36.0 Å². The zero-order valence-electron chi connectivity index (χ0n) is 14.6. The van der Waals surface area contributed by atoms with Crippen LogP contribution < -0.4 is 14.5 Å². The van der Waals surface area contributed by atoms with Gasteiger partial charge >= 0.3 is 0 Å². The van der Waals surface area contributed by atoms with Crippen LogP contribution in [0.25, 0.3) is 0 Å². The number of aromatic nitrogens is 2. The molecule has 0 saturated carbocycles. The molecule has 1 aromatic heterocycles. The average Bonchev–Trinajstić information content (AvgIpc) is 2.54. The van der Waals surface area contributed by atoms with E-state index in [-0.39, 0.29) is 4.90 Å². The zero-order valence-corrected chi connectivity index (χ0v) is 15.4. The Labute approximate surface area is 143 Å². The number of hydrogen-bond donors (Lipinski definition) is 1. The van der Waals surface area contributed by atoms with E-state index < -0.39 is 10.0 Å². The molecule has 0 unspecified atom stereocenters. The van der Waals surface area contributed by atoms with Gasteiger partial charge in [0.25, 0.3) is 10.0 Å². The summed E-state index contributed by atoms with van der Waals surface area (Å²) in [7, 11) is 3.56. The summed E-state index contributed by atoms with van der Waals surface area (Å²) in [5.41, 5.74) is 1.42. The van der Waals surface area contributed by atoms with Gasteiger partial charge in [-0.1, -0.05) is 19.1 Å². The molecule has 1 aromatic carbocycles. The van der Waals surface area contributed by atoms with Crippen LogP contribution in [0.3, 0.4) is 0 Å². The largest absolute Gasteiger partial charge is 0.361 e. The van der Waals surface area contributed by atoms with Crippen LogP contribution in [0.15, 0.2) is 35.4 Å². The topological polar surface area (TPSA) is 78.4 Å². The van der Waals surface area contributed by atoms with Crippen molar-refractivity contribution in [1.82, 2.24) is 9.97 Å². The van der Waals surface area contributed by atoms with E-state index >= 15 is 0 Å². The van der Waals surface area contributed by atoms with Gasteiger partial charge in [-0.05, 0) is 24.1 Å². The Morgan fingerprint density at radius 3 is 2.17 bits per heavy atom. The summed E-state index contributed by atoms with van der Waals surface area (Å²) in [6, 6.07) is 6.83. The highest BCUT2D eigenvalue weighted by Gasteiger charge is 2.19. The summed E-state index contributed by atoms with van der Waals surface area (Å²) < 4.78 is 27.8. The van der Waals surface area contributed by atoms with Crippen LogP contribution >= 0.6 is 0 Å². The van der Waals surface area contributed by atoms with Crippen molar-refractivity contribution in [2.75, 3.05) is 42.7 Å². The summed E-state index contributed by atoms with van der Waals surface area (Å²) in [6.45, 7) is 2.02. The van der Waals surface area contributed by atoms with E-state index in [4.69, 9.17) is 0 Å². The van der Waals surface area contributed by atoms with E-state index in [0.29, 0.717) is 17.5 Å². The third-order valence-corrected chi connectivity index (χ3v) is 4.85. The van der Waals surface area contributed by atoms with Gasteiger partial charge in [0.2, 0.25) is 5.95 Å². The molecule has 0 aliphatic rings.